The number of para-hydroxylation sites is 1. The van der Waals surface area contributed by atoms with Gasteiger partial charge in [-0.25, -0.2) is 9.36 Å². The molecule has 8 nitrogen and oxygen atoms in total. The molecule has 0 saturated heterocycles. The summed E-state index contributed by atoms with van der Waals surface area (Å²) in [7, 11) is 3.21. The Hall–Kier alpha value is -4.33. The van der Waals surface area contributed by atoms with Gasteiger partial charge in [-0.15, -0.1) is 0 Å². The summed E-state index contributed by atoms with van der Waals surface area (Å²) in [6.45, 7) is 2.79. The number of anilines is 1. The number of hydrogen-bond donors (Lipinski definition) is 1. The van der Waals surface area contributed by atoms with Gasteiger partial charge >= 0.3 is 0 Å². The molecule has 0 aliphatic heterocycles. The zero-order chi connectivity index (χ0) is 25.1. The number of amides is 1. The average Bonchev–Trinajstić information content (AvgIpc) is 3.53. The van der Waals surface area contributed by atoms with Gasteiger partial charge < -0.3 is 14.8 Å². The lowest BCUT2D eigenvalue weighted by Gasteiger charge is -2.09. The first-order chi connectivity index (χ1) is 17.6. The number of aromatic nitrogens is 4. The van der Waals surface area contributed by atoms with E-state index in [4.69, 9.17) is 14.6 Å². The fourth-order valence-corrected chi connectivity index (χ4v) is 4.08. The van der Waals surface area contributed by atoms with Gasteiger partial charge in [-0.2, -0.15) is 10.2 Å². The molecular formula is C28H29N5O3. The van der Waals surface area contributed by atoms with Gasteiger partial charge in [-0.05, 0) is 62.1 Å². The highest BCUT2D eigenvalue weighted by atomic mass is 16.5. The fraction of sp³-hybridized carbons (Fsp3) is 0.250. The van der Waals surface area contributed by atoms with E-state index in [0.29, 0.717) is 17.4 Å². The SMILES string of the molecule is COc1ccc(-c2nn(-c3ccccc3)cc2/C=C/C(=O)Nc2c(C)cnn2CC2CC2)cc1OC. The Balaban J connectivity index is 1.45. The number of methoxy groups -OCH3 is 2. The van der Waals surface area contributed by atoms with Crippen LogP contribution in [0.1, 0.15) is 24.0 Å². The van der Waals surface area contributed by atoms with Gasteiger partial charge in [0.05, 0.1) is 26.1 Å². The summed E-state index contributed by atoms with van der Waals surface area (Å²) in [4.78, 5) is 12.9. The first-order valence-corrected chi connectivity index (χ1v) is 11.9. The summed E-state index contributed by atoms with van der Waals surface area (Å²) < 4.78 is 14.6. The van der Waals surface area contributed by atoms with Crippen molar-refractivity contribution in [1.82, 2.24) is 19.6 Å². The number of rotatable bonds is 9. The maximum atomic E-state index is 12.9. The van der Waals surface area contributed by atoms with E-state index in [2.05, 4.69) is 10.4 Å². The highest BCUT2D eigenvalue weighted by molar-refractivity contribution is 6.02. The predicted molar refractivity (Wildman–Crippen MR) is 139 cm³/mol. The van der Waals surface area contributed by atoms with Crippen LogP contribution in [0.4, 0.5) is 5.82 Å². The molecule has 1 aliphatic rings. The van der Waals surface area contributed by atoms with Gasteiger partial charge in [-0.1, -0.05) is 18.2 Å². The largest absolute Gasteiger partial charge is 0.493 e. The molecule has 0 unspecified atom stereocenters. The molecule has 2 heterocycles. The number of nitrogens with zero attached hydrogens (tertiary/aromatic N) is 4. The number of aryl methyl sites for hydroxylation is 1. The van der Waals surface area contributed by atoms with Gasteiger partial charge in [0, 0.05) is 35.5 Å². The van der Waals surface area contributed by atoms with Gasteiger partial charge in [0.25, 0.3) is 0 Å². The van der Waals surface area contributed by atoms with Crippen molar-refractivity contribution in [3.05, 3.63) is 78.1 Å². The number of carbonyl (C=O) groups is 1. The summed E-state index contributed by atoms with van der Waals surface area (Å²) in [6.07, 6.45) is 9.46. The normalized spacial score (nSPS) is 13.2. The highest BCUT2D eigenvalue weighted by Crippen LogP contribution is 2.34. The van der Waals surface area contributed by atoms with Crippen molar-refractivity contribution in [2.24, 2.45) is 5.92 Å². The van der Waals surface area contributed by atoms with Crippen molar-refractivity contribution in [2.75, 3.05) is 19.5 Å². The Labute approximate surface area is 210 Å². The second kappa shape index (κ2) is 10.1. The van der Waals surface area contributed by atoms with E-state index in [1.807, 2.05) is 66.3 Å². The minimum Gasteiger partial charge on any atom is -0.493 e. The van der Waals surface area contributed by atoms with E-state index in [-0.39, 0.29) is 5.91 Å². The lowest BCUT2D eigenvalue weighted by atomic mass is 10.1. The molecule has 1 fully saturated rings. The molecule has 1 aliphatic carbocycles. The zero-order valence-corrected chi connectivity index (χ0v) is 20.6. The van der Waals surface area contributed by atoms with E-state index in [0.717, 1.165) is 40.4 Å². The first-order valence-electron chi connectivity index (χ1n) is 11.9. The fourth-order valence-electron chi connectivity index (χ4n) is 4.08. The Bertz CT molecular complexity index is 1400. The number of carbonyl (C=O) groups excluding carboxylic acids is 1. The summed E-state index contributed by atoms with van der Waals surface area (Å²) in [6, 6.07) is 15.5. The van der Waals surface area contributed by atoms with Crippen LogP contribution < -0.4 is 14.8 Å². The maximum Gasteiger partial charge on any atom is 0.249 e. The van der Waals surface area contributed by atoms with Gasteiger partial charge in [-0.3, -0.25) is 4.79 Å². The molecule has 0 atom stereocenters. The van der Waals surface area contributed by atoms with Gasteiger partial charge in [0.15, 0.2) is 11.5 Å². The van der Waals surface area contributed by atoms with E-state index < -0.39 is 0 Å². The third kappa shape index (κ3) is 5.02. The van der Waals surface area contributed by atoms with Crippen LogP contribution in [0.2, 0.25) is 0 Å². The second-order valence-electron chi connectivity index (χ2n) is 8.91. The first kappa shape index (κ1) is 23.4. The zero-order valence-electron chi connectivity index (χ0n) is 20.6. The van der Waals surface area contributed by atoms with E-state index in [9.17, 15) is 4.79 Å². The second-order valence-corrected chi connectivity index (χ2v) is 8.91. The van der Waals surface area contributed by atoms with Crippen molar-refractivity contribution >= 4 is 17.8 Å². The lowest BCUT2D eigenvalue weighted by Crippen LogP contribution is -2.14. The van der Waals surface area contributed by atoms with Crippen molar-refractivity contribution in [3.8, 4) is 28.4 Å². The van der Waals surface area contributed by atoms with Gasteiger partial charge in [0.1, 0.15) is 11.5 Å². The summed E-state index contributed by atoms with van der Waals surface area (Å²) in [5, 5.41) is 12.3. The Morgan fingerprint density at radius 3 is 2.61 bits per heavy atom. The predicted octanol–water partition coefficient (Wildman–Crippen LogP) is 5.12. The molecule has 0 spiro atoms. The highest BCUT2D eigenvalue weighted by Gasteiger charge is 2.24. The maximum absolute atomic E-state index is 12.9. The van der Waals surface area contributed by atoms with E-state index in [1.165, 1.54) is 18.9 Å². The molecule has 4 aromatic rings. The molecule has 5 rings (SSSR count). The van der Waals surface area contributed by atoms with E-state index in [1.54, 1.807) is 31.2 Å². The Kier molecular flexibility index (Phi) is 6.58. The molecule has 1 saturated carbocycles. The lowest BCUT2D eigenvalue weighted by molar-refractivity contribution is -0.111. The Morgan fingerprint density at radius 2 is 1.89 bits per heavy atom. The molecule has 8 heteroatoms. The van der Waals surface area contributed by atoms with Gasteiger partial charge in [0.2, 0.25) is 5.91 Å². The Morgan fingerprint density at radius 1 is 1.11 bits per heavy atom. The third-order valence-electron chi connectivity index (χ3n) is 6.23. The van der Waals surface area contributed by atoms with E-state index >= 15 is 0 Å². The molecule has 1 amide bonds. The van der Waals surface area contributed by atoms with Crippen molar-refractivity contribution < 1.29 is 14.3 Å². The topological polar surface area (TPSA) is 83.2 Å². The number of benzene rings is 2. The smallest absolute Gasteiger partial charge is 0.249 e. The summed E-state index contributed by atoms with van der Waals surface area (Å²) in [5.74, 6) is 2.43. The van der Waals surface area contributed by atoms with Crippen LogP contribution in [0.3, 0.4) is 0 Å². The molecule has 2 aromatic carbocycles. The molecule has 0 bridgehead atoms. The van der Waals surface area contributed by atoms with Crippen molar-refractivity contribution in [2.45, 2.75) is 26.3 Å². The standard InChI is InChI=1S/C28H29N5O3/c1-19-16-29-33(17-20-9-10-20)28(19)30-26(34)14-12-22-18-32(23-7-5-4-6-8-23)31-27(22)21-11-13-24(35-2)25(15-21)36-3/h4-8,11-16,18,20H,9-10,17H2,1-3H3,(H,30,34)/b14-12+. The average molecular weight is 484 g/mol. The number of ether oxygens (including phenoxy) is 2. The molecule has 1 N–H and O–H groups in total. The minimum absolute atomic E-state index is 0.221. The molecule has 36 heavy (non-hydrogen) atoms. The molecular weight excluding hydrogens is 454 g/mol. The minimum atomic E-state index is -0.221. The van der Waals surface area contributed by atoms with Crippen LogP contribution in [0.5, 0.6) is 11.5 Å². The molecule has 184 valence electrons. The number of hydrogen-bond acceptors (Lipinski definition) is 5. The summed E-state index contributed by atoms with van der Waals surface area (Å²) >= 11 is 0. The van der Waals surface area contributed by atoms with Crippen LogP contribution in [-0.2, 0) is 11.3 Å². The quantitative estimate of drug-likeness (QED) is 0.334. The summed E-state index contributed by atoms with van der Waals surface area (Å²) in [5.41, 5.74) is 4.23. The van der Waals surface area contributed by atoms with Crippen LogP contribution in [-0.4, -0.2) is 39.7 Å². The number of nitrogens with one attached hydrogen (secondary N) is 1. The molecule has 0 radical (unpaired) electrons. The van der Waals surface area contributed by atoms with Crippen LogP contribution in [0, 0.1) is 12.8 Å². The van der Waals surface area contributed by atoms with Crippen LogP contribution in [0.15, 0.2) is 67.0 Å². The van der Waals surface area contributed by atoms with Crippen LogP contribution in [0.25, 0.3) is 23.0 Å². The monoisotopic (exact) mass is 483 g/mol. The molecule has 2 aromatic heterocycles. The van der Waals surface area contributed by atoms with Crippen molar-refractivity contribution in [1.29, 1.82) is 0 Å². The van der Waals surface area contributed by atoms with Crippen molar-refractivity contribution in [3.63, 3.8) is 0 Å². The third-order valence-corrected chi connectivity index (χ3v) is 6.23. The van der Waals surface area contributed by atoms with Crippen LogP contribution >= 0.6 is 0 Å².